The molecular weight excluding hydrogens is 324 g/mol. The van der Waals surface area contributed by atoms with Gasteiger partial charge in [0.2, 0.25) is 0 Å². The van der Waals surface area contributed by atoms with Gasteiger partial charge < -0.3 is 5.73 Å². The van der Waals surface area contributed by atoms with Gasteiger partial charge in [-0.1, -0.05) is 13.8 Å². The highest BCUT2D eigenvalue weighted by atomic mass is 79.9. The number of nitrogens with one attached hydrogen (secondary N) is 1. The first-order chi connectivity index (χ1) is 7.90. The molecule has 0 aromatic carbocycles. The molecule has 1 aromatic rings. The van der Waals surface area contributed by atoms with E-state index in [1.165, 1.54) is 11.3 Å². The highest BCUT2D eigenvalue weighted by Crippen LogP contribution is 2.29. The lowest BCUT2D eigenvalue weighted by atomic mass is 9.95. The highest BCUT2D eigenvalue weighted by molar-refractivity contribution is 9.10. The zero-order valence-electron chi connectivity index (χ0n) is 9.86. The third kappa shape index (κ3) is 3.29. The molecule has 1 rings (SSSR count). The van der Waals surface area contributed by atoms with Crippen molar-refractivity contribution in [3.05, 3.63) is 15.9 Å². The van der Waals surface area contributed by atoms with Gasteiger partial charge in [-0.05, 0) is 40.2 Å². The van der Waals surface area contributed by atoms with Crippen LogP contribution in [0.3, 0.4) is 0 Å². The zero-order chi connectivity index (χ0) is 13.1. The average Bonchev–Trinajstić information content (AvgIpc) is 2.73. The lowest BCUT2D eigenvalue weighted by Crippen LogP contribution is -2.52. The largest absolute Gasteiger partial charge is 0.329 e. The lowest BCUT2D eigenvalue weighted by molar-refractivity contribution is 0.363. The number of nitrogens with two attached hydrogens (primary N) is 1. The van der Waals surface area contributed by atoms with Crippen molar-refractivity contribution in [2.75, 3.05) is 6.54 Å². The maximum Gasteiger partial charge on any atom is 0.251 e. The third-order valence-corrected chi connectivity index (χ3v) is 7.17. The van der Waals surface area contributed by atoms with E-state index in [2.05, 4.69) is 20.7 Å². The SMILES string of the molecule is CCC(CC)(CN)NS(=O)(=O)c1sccc1Br. The summed E-state index contributed by atoms with van der Waals surface area (Å²) < 4.78 is 28.1. The van der Waals surface area contributed by atoms with Gasteiger partial charge in [0.05, 0.1) is 0 Å². The van der Waals surface area contributed by atoms with Crippen molar-refractivity contribution in [2.45, 2.75) is 36.4 Å². The molecule has 0 spiro atoms. The van der Waals surface area contributed by atoms with Gasteiger partial charge in [0.15, 0.2) is 0 Å². The molecule has 0 amide bonds. The van der Waals surface area contributed by atoms with Crippen LogP contribution in [0, 0.1) is 0 Å². The molecule has 98 valence electrons. The van der Waals surface area contributed by atoms with E-state index < -0.39 is 15.6 Å². The first-order valence-electron chi connectivity index (χ1n) is 5.38. The van der Waals surface area contributed by atoms with E-state index in [4.69, 9.17) is 5.73 Å². The van der Waals surface area contributed by atoms with Gasteiger partial charge in [-0.2, -0.15) is 0 Å². The molecule has 0 bridgehead atoms. The number of hydrogen-bond acceptors (Lipinski definition) is 4. The van der Waals surface area contributed by atoms with Crippen LogP contribution in [-0.2, 0) is 10.0 Å². The Labute approximate surface area is 115 Å². The number of thiophene rings is 1. The van der Waals surface area contributed by atoms with Gasteiger partial charge in [-0.3, -0.25) is 0 Å². The molecule has 0 saturated heterocycles. The van der Waals surface area contributed by atoms with Crippen molar-refractivity contribution in [3.8, 4) is 0 Å². The smallest absolute Gasteiger partial charge is 0.251 e. The number of sulfonamides is 1. The standard InChI is InChI=1S/C10H17BrN2O2S2/c1-3-10(4-2,7-12)13-17(14,15)9-8(11)5-6-16-9/h5-6,13H,3-4,7,12H2,1-2H3. The van der Waals surface area contributed by atoms with Crippen LogP contribution in [0.5, 0.6) is 0 Å². The predicted molar refractivity (Wildman–Crippen MR) is 74.7 cm³/mol. The first kappa shape index (κ1) is 15.1. The normalized spacial score (nSPS) is 12.9. The van der Waals surface area contributed by atoms with Crippen molar-refractivity contribution >= 4 is 37.3 Å². The van der Waals surface area contributed by atoms with Crippen molar-refractivity contribution in [1.29, 1.82) is 0 Å². The Morgan fingerprint density at radius 3 is 2.41 bits per heavy atom. The summed E-state index contributed by atoms with van der Waals surface area (Å²) in [6, 6.07) is 1.72. The minimum atomic E-state index is -3.50. The Morgan fingerprint density at radius 1 is 1.47 bits per heavy atom. The number of hydrogen-bond donors (Lipinski definition) is 2. The van der Waals surface area contributed by atoms with Crippen LogP contribution in [0.15, 0.2) is 20.1 Å². The molecule has 0 unspecified atom stereocenters. The zero-order valence-corrected chi connectivity index (χ0v) is 13.1. The van der Waals surface area contributed by atoms with Gasteiger partial charge in [-0.25, -0.2) is 13.1 Å². The van der Waals surface area contributed by atoms with E-state index in [1.54, 1.807) is 11.4 Å². The first-order valence-corrected chi connectivity index (χ1v) is 8.53. The van der Waals surface area contributed by atoms with Crippen LogP contribution >= 0.6 is 27.3 Å². The van der Waals surface area contributed by atoms with Gasteiger partial charge in [0.25, 0.3) is 10.0 Å². The van der Waals surface area contributed by atoms with Crippen molar-refractivity contribution in [3.63, 3.8) is 0 Å². The van der Waals surface area contributed by atoms with Gasteiger partial charge in [-0.15, -0.1) is 11.3 Å². The summed E-state index contributed by atoms with van der Waals surface area (Å²) in [5.74, 6) is 0. The van der Waals surface area contributed by atoms with Crippen LogP contribution in [0.1, 0.15) is 26.7 Å². The molecule has 1 heterocycles. The fourth-order valence-corrected chi connectivity index (χ4v) is 5.42. The van der Waals surface area contributed by atoms with E-state index in [-0.39, 0.29) is 0 Å². The van der Waals surface area contributed by atoms with Gasteiger partial charge >= 0.3 is 0 Å². The van der Waals surface area contributed by atoms with Gasteiger partial charge in [0.1, 0.15) is 4.21 Å². The molecule has 0 aliphatic heterocycles. The Bertz CT molecular complexity index is 458. The Balaban J connectivity index is 3.05. The monoisotopic (exact) mass is 340 g/mol. The van der Waals surface area contributed by atoms with Crippen LogP contribution in [0.2, 0.25) is 0 Å². The molecule has 7 heteroatoms. The summed E-state index contributed by atoms with van der Waals surface area (Å²) in [6.45, 7) is 4.16. The molecule has 0 radical (unpaired) electrons. The minimum absolute atomic E-state index is 0.294. The predicted octanol–water partition coefficient (Wildman–Crippen LogP) is 2.31. The second-order valence-electron chi connectivity index (χ2n) is 3.85. The van der Waals surface area contributed by atoms with Crippen molar-refractivity contribution in [1.82, 2.24) is 4.72 Å². The highest BCUT2D eigenvalue weighted by Gasteiger charge is 2.32. The summed E-state index contributed by atoms with van der Waals surface area (Å²) in [4.78, 5) is 0. The molecule has 0 aliphatic carbocycles. The second kappa shape index (κ2) is 5.79. The maximum atomic E-state index is 12.2. The van der Waals surface area contributed by atoms with E-state index in [0.29, 0.717) is 28.1 Å². The Kier molecular flexibility index (Phi) is 5.15. The Morgan fingerprint density at radius 2 is 2.06 bits per heavy atom. The quantitative estimate of drug-likeness (QED) is 0.834. The maximum absolute atomic E-state index is 12.2. The van der Waals surface area contributed by atoms with Crippen molar-refractivity contribution < 1.29 is 8.42 Å². The van der Waals surface area contributed by atoms with Crippen molar-refractivity contribution in [2.24, 2.45) is 5.73 Å². The fraction of sp³-hybridized carbons (Fsp3) is 0.600. The van der Waals surface area contributed by atoms with Crippen LogP contribution in [0.4, 0.5) is 0 Å². The fourth-order valence-electron chi connectivity index (χ4n) is 1.53. The van der Waals surface area contributed by atoms with Gasteiger partial charge in [0, 0.05) is 16.6 Å². The molecule has 0 saturated carbocycles. The molecule has 3 N–H and O–H groups in total. The van der Waals surface area contributed by atoms with Crippen LogP contribution in [-0.4, -0.2) is 20.5 Å². The Hall–Kier alpha value is 0.0500. The lowest BCUT2D eigenvalue weighted by Gasteiger charge is -2.30. The summed E-state index contributed by atoms with van der Waals surface area (Å²) in [5.41, 5.74) is 5.14. The summed E-state index contributed by atoms with van der Waals surface area (Å²) in [5, 5.41) is 1.74. The molecule has 0 aliphatic rings. The topological polar surface area (TPSA) is 72.2 Å². The van der Waals surface area contributed by atoms with E-state index in [0.717, 1.165) is 0 Å². The molecule has 1 aromatic heterocycles. The number of rotatable bonds is 6. The second-order valence-corrected chi connectivity index (χ2v) is 7.50. The average molecular weight is 341 g/mol. The summed E-state index contributed by atoms with van der Waals surface area (Å²) in [7, 11) is -3.50. The summed E-state index contributed by atoms with van der Waals surface area (Å²) in [6.07, 6.45) is 1.34. The molecular formula is C10H17BrN2O2S2. The molecule has 17 heavy (non-hydrogen) atoms. The van der Waals surface area contributed by atoms with Crippen LogP contribution < -0.4 is 10.5 Å². The summed E-state index contributed by atoms with van der Waals surface area (Å²) >= 11 is 4.43. The number of halogens is 1. The van der Waals surface area contributed by atoms with Crippen LogP contribution in [0.25, 0.3) is 0 Å². The van der Waals surface area contributed by atoms with E-state index in [9.17, 15) is 8.42 Å². The molecule has 0 atom stereocenters. The minimum Gasteiger partial charge on any atom is -0.329 e. The third-order valence-electron chi connectivity index (χ3n) is 2.92. The van der Waals surface area contributed by atoms with E-state index >= 15 is 0 Å². The molecule has 0 fully saturated rings. The molecule has 4 nitrogen and oxygen atoms in total. The van der Waals surface area contributed by atoms with E-state index in [1.807, 2.05) is 13.8 Å².